The summed E-state index contributed by atoms with van der Waals surface area (Å²) < 4.78 is 19.1. The summed E-state index contributed by atoms with van der Waals surface area (Å²) in [7, 11) is 0. The van der Waals surface area contributed by atoms with Crippen molar-refractivity contribution in [3.63, 3.8) is 0 Å². The van der Waals surface area contributed by atoms with Gasteiger partial charge in [0.2, 0.25) is 5.91 Å². The van der Waals surface area contributed by atoms with Gasteiger partial charge >= 0.3 is 0 Å². The predicted molar refractivity (Wildman–Crippen MR) is 134 cm³/mol. The number of benzene rings is 3. The average molecular weight is 475 g/mol. The normalized spacial score (nSPS) is 15.8. The summed E-state index contributed by atoms with van der Waals surface area (Å²) in [4.78, 5) is 27.4. The molecule has 0 spiro atoms. The Morgan fingerprint density at radius 3 is 2.49 bits per heavy atom. The lowest BCUT2D eigenvalue weighted by Crippen LogP contribution is -2.40. The highest BCUT2D eigenvalue weighted by Gasteiger charge is 2.32. The molecular formula is C29H31FN2O3. The highest BCUT2D eigenvalue weighted by Crippen LogP contribution is 2.37. The van der Waals surface area contributed by atoms with Gasteiger partial charge in [-0.15, -0.1) is 0 Å². The van der Waals surface area contributed by atoms with E-state index in [1.54, 1.807) is 19.1 Å². The van der Waals surface area contributed by atoms with Crippen molar-refractivity contribution in [2.75, 3.05) is 6.54 Å². The second-order valence-corrected chi connectivity index (χ2v) is 8.97. The number of rotatable bonds is 7. The smallest absolute Gasteiger partial charge is 0.261 e. The van der Waals surface area contributed by atoms with Crippen LogP contribution in [0.5, 0.6) is 5.75 Å². The fraction of sp³-hybridized carbons (Fsp3) is 0.310. The summed E-state index contributed by atoms with van der Waals surface area (Å²) >= 11 is 0. The zero-order valence-corrected chi connectivity index (χ0v) is 20.4. The van der Waals surface area contributed by atoms with Crippen molar-refractivity contribution in [3.8, 4) is 5.75 Å². The maximum Gasteiger partial charge on any atom is 0.261 e. The van der Waals surface area contributed by atoms with E-state index in [9.17, 15) is 14.0 Å². The van der Waals surface area contributed by atoms with Gasteiger partial charge in [-0.3, -0.25) is 9.59 Å². The van der Waals surface area contributed by atoms with Gasteiger partial charge in [0.15, 0.2) is 6.10 Å². The van der Waals surface area contributed by atoms with E-state index in [-0.39, 0.29) is 23.7 Å². The number of amides is 2. The summed E-state index contributed by atoms with van der Waals surface area (Å²) in [5, 5.41) is 2.83. The third-order valence-corrected chi connectivity index (χ3v) is 6.42. The Hall–Kier alpha value is -3.67. The van der Waals surface area contributed by atoms with E-state index in [4.69, 9.17) is 4.74 Å². The number of halogens is 1. The third kappa shape index (κ3) is 5.70. The van der Waals surface area contributed by atoms with Gasteiger partial charge in [-0.05, 0) is 66.8 Å². The molecule has 0 saturated carbocycles. The first-order valence-corrected chi connectivity index (χ1v) is 12.0. The second-order valence-electron chi connectivity index (χ2n) is 8.97. The molecule has 0 radical (unpaired) electrons. The van der Waals surface area contributed by atoms with Crippen LogP contribution in [-0.2, 0) is 22.6 Å². The van der Waals surface area contributed by atoms with Gasteiger partial charge in [0.05, 0.1) is 6.04 Å². The Balaban J connectivity index is 1.53. The molecule has 5 nitrogen and oxygen atoms in total. The molecule has 1 heterocycles. The number of hydrogen-bond donors (Lipinski definition) is 1. The van der Waals surface area contributed by atoms with Gasteiger partial charge in [-0.2, -0.15) is 0 Å². The monoisotopic (exact) mass is 474 g/mol. The molecule has 0 aliphatic carbocycles. The first-order chi connectivity index (χ1) is 16.9. The molecular weight excluding hydrogens is 443 g/mol. The van der Waals surface area contributed by atoms with Gasteiger partial charge in [0.1, 0.15) is 11.6 Å². The van der Waals surface area contributed by atoms with Crippen LogP contribution in [0.1, 0.15) is 54.1 Å². The number of aryl methyl sites for hydroxylation is 1. The highest BCUT2D eigenvalue weighted by molar-refractivity contribution is 5.80. The van der Waals surface area contributed by atoms with Crippen LogP contribution in [0.4, 0.5) is 4.39 Å². The maximum atomic E-state index is 13.1. The van der Waals surface area contributed by atoms with E-state index in [0.29, 0.717) is 25.3 Å². The van der Waals surface area contributed by atoms with E-state index in [1.165, 1.54) is 17.7 Å². The van der Waals surface area contributed by atoms with Crippen LogP contribution in [0.15, 0.2) is 66.7 Å². The van der Waals surface area contributed by atoms with Crippen molar-refractivity contribution in [1.29, 1.82) is 0 Å². The molecule has 3 aromatic carbocycles. The number of carbonyl (C=O) groups excluding carboxylic acids is 2. The Morgan fingerprint density at radius 1 is 1.09 bits per heavy atom. The van der Waals surface area contributed by atoms with Crippen LogP contribution in [0.3, 0.4) is 0 Å². The van der Waals surface area contributed by atoms with Gasteiger partial charge in [0.25, 0.3) is 5.91 Å². The molecule has 0 saturated heterocycles. The third-order valence-electron chi connectivity index (χ3n) is 6.42. The van der Waals surface area contributed by atoms with Crippen molar-refractivity contribution in [1.82, 2.24) is 10.2 Å². The molecule has 182 valence electrons. The standard InChI is InChI=1S/C29H31FN2O3/c1-4-27(33)32-16-15-22-11-14-25(17-26(22)28(32)23-9-5-19(2)6-10-23)35-20(3)29(34)31-18-21-7-12-24(30)13-8-21/h5-14,17,20,28H,4,15-16,18H2,1-3H3,(H,31,34)/t20-,28-/m0/s1. The van der Waals surface area contributed by atoms with E-state index >= 15 is 0 Å². The number of ether oxygens (including phenoxy) is 1. The minimum Gasteiger partial charge on any atom is -0.481 e. The molecule has 1 aliphatic rings. The quantitative estimate of drug-likeness (QED) is 0.518. The topological polar surface area (TPSA) is 58.6 Å². The van der Waals surface area contributed by atoms with Crippen molar-refractivity contribution < 1.29 is 18.7 Å². The second kappa shape index (κ2) is 10.7. The molecule has 2 amide bonds. The minimum atomic E-state index is -0.719. The lowest BCUT2D eigenvalue weighted by Gasteiger charge is -2.38. The summed E-state index contributed by atoms with van der Waals surface area (Å²) in [6, 6.07) is 20.0. The zero-order valence-electron chi connectivity index (χ0n) is 20.4. The van der Waals surface area contributed by atoms with Gasteiger partial charge < -0.3 is 15.0 Å². The van der Waals surface area contributed by atoms with Crippen LogP contribution in [0, 0.1) is 12.7 Å². The minimum absolute atomic E-state index is 0.112. The van der Waals surface area contributed by atoms with Crippen LogP contribution in [0.2, 0.25) is 0 Å². The average Bonchev–Trinajstić information content (AvgIpc) is 2.87. The van der Waals surface area contributed by atoms with Gasteiger partial charge in [-0.1, -0.05) is 55.0 Å². The summed E-state index contributed by atoms with van der Waals surface area (Å²) in [6.45, 7) is 6.59. The fourth-order valence-electron chi connectivity index (χ4n) is 4.44. The molecule has 2 atom stereocenters. The number of hydrogen-bond acceptors (Lipinski definition) is 3. The van der Waals surface area contributed by atoms with Gasteiger partial charge in [0, 0.05) is 19.5 Å². The highest BCUT2D eigenvalue weighted by atomic mass is 19.1. The van der Waals surface area contributed by atoms with Crippen LogP contribution < -0.4 is 10.1 Å². The molecule has 3 aromatic rings. The molecule has 1 N–H and O–H groups in total. The lowest BCUT2D eigenvalue weighted by molar-refractivity contribution is -0.133. The fourth-order valence-corrected chi connectivity index (χ4v) is 4.44. The van der Waals surface area contributed by atoms with Crippen molar-refractivity contribution in [2.24, 2.45) is 0 Å². The molecule has 4 rings (SSSR count). The van der Waals surface area contributed by atoms with Crippen LogP contribution >= 0.6 is 0 Å². The van der Waals surface area contributed by atoms with E-state index < -0.39 is 6.10 Å². The SMILES string of the molecule is CCC(=O)N1CCc2ccc(O[C@@H](C)C(=O)NCc3ccc(F)cc3)cc2[C@@H]1c1ccc(C)cc1. The zero-order chi connectivity index (χ0) is 24.9. The maximum absolute atomic E-state index is 13.1. The Morgan fingerprint density at radius 2 is 1.80 bits per heavy atom. The lowest BCUT2D eigenvalue weighted by atomic mass is 9.87. The van der Waals surface area contributed by atoms with Gasteiger partial charge in [-0.25, -0.2) is 4.39 Å². The summed E-state index contributed by atoms with van der Waals surface area (Å²) in [5.41, 5.74) is 5.23. The van der Waals surface area contributed by atoms with E-state index in [2.05, 4.69) is 29.6 Å². The molecule has 0 unspecified atom stereocenters. The number of fused-ring (bicyclic) bond motifs is 1. The van der Waals surface area contributed by atoms with E-state index in [0.717, 1.165) is 28.7 Å². The number of nitrogens with zero attached hydrogens (tertiary/aromatic N) is 1. The Bertz CT molecular complexity index is 1190. The van der Waals surface area contributed by atoms with E-state index in [1.807, 2.05) is 36.9 Å². The van der Waals surface area contributed by atoms with Crippen molar-refractivity contribution in [2.45, 2.75) is 52.3 Å². The first-order valence-electron chi connectivity index (χ1n) is 12.0. The van der Waals surface area contributed by atoms with Crippen LogP contribution in [0.25, 0.3) is 0 Å². The molecule has 0 aromatic heterocycles. The van der Waals surface area contributed by atoms with Crippen molar-refractivity contribution >= 4 is 11.8 Å². The Kier molecular flexibility index (Phi) is 7.49. The summed E-state index contributed by atoms with van der Waals surface area (Å²) in [6.07, 6.45) is 0.500. The van der Waals surface area contributed by atoms with Crippen LogP contribution in [-0.4, -0.2) is 29.4 Å². The number of carbonyl (C=O) groups is 2. The molecule has 35 heavy (non-hydrogen) atoms. The molecule has 0 fully saturated rings. The largest absolute Gasteiger partial charge is 0.481 e. The first kappa shape index (κ1) is 24.5. The molecule has 6 heteroatoms. The molecule has 0 bridgehead atoms. The Labute approximate surface area is 205 Å². The summed E-state index contributed by atoms with van der Waals surface area (Å²) in [5.74, 6) is 0.120. The number of nitrogens with one attached hydrogen (secondary N) is 1. The predicted octanol–water partition coefficient (Wildman–Crippen LogP) is 5.10. The van der Waals surface area contributed by atoms with Crippen molar-refractivity contribution in [3.05, 3.63) is 100 Å². The molecule has 1 aliphatic heterocycles.